The van der Waals surface area contributed by atoms with Crippen LogP contribution in [0, 0.1) is 71.0 Å². The summed E-state index contributed by atoms with van der Waals surface area (Å²) in [5, 5.41) is 21.9. The molecule has 6 saturated carbocycles. The van der Waals surface area contributed by atoms with Gasteiger partial charge in [-0.05, 0) is 84.9 Å². The highest BCUT2D eigenvalue weighted by molar-refractivity contribution is 5.27. The minimum absolute atomic E-state index is 0.294. The molecule has 0 radical (unpaired) electrons. The number of ether oxygens (including phenoxy) is 2. The van der Waals surface area contributed by atoms with Gasteiger partial charge in [0.25, 0.3) is 0 Å². The Hall–Kier alpha value is -0.160. The van der Waals surface area contributed by atoms with Crippen LogP contribution < -0.4 is 0 Å². The van der Waals surface area contributed by atoms with E-state index < -0.39 is 12.6 Å². The molecular formula is C20H26O4. The number of hydrogen-bond acceptors (Lipinski definition) is 4. The molecule has 4 nitrogen and oxygen atoms in total. The predicted octanol–water partition coefficient (Wildman–Crippen LogP) is 1.46. The van der Waals surface area contributed by atoms with Crippen LogP contribution in [0.25, 0.3) is 0 Å². The molecule has 2 heterocycles. The summed E-state index contributed by atoms with van der Waals surface area (Å²) in [6.45, 7) is 0. The van der Waals surface area contributed by atoms with Crippen LogP contribution in [0.4, 0.5) is 0 Å². The zero-order valence-corrected chi connectivity index (χ0v) is 13.8. The second kappa shape index (κ2) is 3.76. The Labute approximate surface area is 141 Å². The third kappa shape index (κ3) is 1.08. The lowest BCUT2D eigenvalue weighted by atomic mass is 9.70. The van der Waals surface area contributed by atoms with Crippen LogP contribution in [-0.4, -0.2) is 35.0 Å². The van der Waals surface area contributed by atoms with E-state index in [9.17, 15) is 10.2 Å². The molecule has 2 N–H and O–H groups in total. The number of aliphatic hydroxyl groups is 2. The molecule has 130 valence electrons. The average molecular weight is 330 g/mol. The molecule has 0 bridgehead atoms. The van der Waals surface area contributed by atoms with E-state index in [0.717, 1.165) is 36.5 Å². The molecule has 0 aromatic heterocycles. The summed E-state index contributed by atoms with van der Waals surface area (Å²) >= 11 is 0. The number of hydrogen-bond donors (Lipinski definition) is 2. The topological polar surface area (TPSA) is 58.9 Å². The molecule has 0 unspecified atom stereocenters. The van der Waals surface area contributed by atoms with E-state index in [1.165, 1.54) is 12.8 Å². The standard InChI is InChI=1S/C20H26O4/c21-19-17-11-5-1-3-7-9(5)13-15(11)16-12(18(13)20(22)23-7)6-2-4-8(24-19)10(6)14(16)17/h5-22H,1-4H2/t5-,6-,7-,8+,9+,10+,11-,12+,13-,14+,15+,16-,17+,18+,19+,20+/m1/s1. The van der Waals surface area contributed by atoms with Crippen molar-refractivity contribution in [2.75, 3.05) is 0 Å². The van der Waals surface area contributed by atoms with Crippen molar-refractivity contribution in [1.82, 2.24) is 0 Å². The zero-order valence-electron chi connectivity index (χ0n) is 13.8. The summed E-state index contributed by atoms with van der Waals surface area (Å²) in [7, 11) is 0. The molecule has 2 aliphatic heterocycles. The molecule has 8 rings (SSSR count). The molecule has 0 amide bonds. The van der Waals surface area contributed by atoms with Crippen LogP contribution >= 0.6 is 0 Å². The molecule has 0 aromatic rings. The third-order valence-electron chi connectivity index (χ3n) is 10.6. The minimum atomic E-state index is -0.521. The first-order valence-electron chi connectivity index (χ1n) is 10.4. The molecule has 8 fully saturated rings. The molecule has 8 aliphatic rings. The normalized spacial score (nSPS) is 78.2. The lowest BCUT2D eigenvalue weighted by molar-refractivity contribution is -0.238. The maximum atomic E-state index is 10.9. The monoisotopic (exact) mass is 330 g/mol. The predicted molar refractivity (Wildman–Crippen MR) is 82.1 cm³/mol. The number of rotatable bonds is 0. The van der Waals surface area contributed by atoms with E-state index in [4.69, 9.17) is 9.47 Å². The van der Waals surface area contributed by atoms with Crippen molar-refractivity contribution in [3.8, 4) is 0 Å². The summed E-state index contributed by atoms with van der Waals surface area (Å²) in [6, 6.07) is 0. The van der Waals surface area contributed by atoms with Gasteiger partial charge in [0.1, 0.15) is 0 Å². The first kappa shape index (κ1) is 13.1. The highest BCUT2D eigenvalue weighted by Crippen LogP contribution is 2.82. The Morgan fingerprint density at radius 3 is 1.33 bits per heavy atom. The van der Waals surface area contributed by atoms with Gasteiger partial charge in [-0.25, -0.2) is 0 Å². The lowest BCUT2D eigenvalue weighted by Gasteiger charge is -2.44. The van der Waals surface area contributed by atoms with Crippen molar-refractivity contribution in [2.45, 2.75) is 50.5 Å². The summed E-state index contributed by atoms with van der Waals surface area (Å²) < 4.78 is 12.4. The van der Waals surface area contributed by atoms with Gasteiger partial charge in [0.15, 0.2) is 12.6 Å². The Kier molecular flexibility index (Phi) is 2.05. The Balaban J connectivity index is 1.38. The van der Waals surface area contributed by atoms with Gasteiger partial charge < -0.3 is 19.7 Å². The molecule has 4 heteroatoms. The smallest absolute Gasteiger partial charge is 0.158 e. The molecule has 24 heavy (non-hydrogen) atoms. The van der Waals surface area contributed by atoms with Crippen molar-refractivity contribution >= 4 is 0 Å². The van der Waals surface area contributed by atoms with Gasteiger partial charge in [-0.3, -0.25) is 0 Å². The molecule has 16 atom stereocenters. The third-order valence-corrected chi connectivity index (χ3v) is 10.6. The second-order valence-corrected chi connectivity index (χ2v) is 10.4. The Morgan fingerprint density at radius 1 is 0.458 bits per heavy atom. The van der Waals surface area contributed by atoms with Crippen molar-refractivity contribution in [3.05, 3.63) is 0 Å². The van der Waals surface area contributed by atoms with Gasteiger partial charge >= 0.3 is 0 Å². The van der Waals surface area contributed by atoms with Crippen molar-refractivity contribution in [2.24, 2.45) is 71.0 Å². The van der Waals surface area contributed by atoms with E-state index in [1.54, 1.807) is 0 Å². The van der Waals surface area contributed by atoms with Gasteiger partial charge in [0.05, 0.1) is 12.2 Å². The van der Waals surface area contributed by atoms with Crippen LogP contribution in [0.15, 0.2) is 0 Å². The van der Waals surface area contributed by atoms with Crippen molar-refractivity contribution < 1.29 is 19.7 Å². The number of fused-ring (bicyclic) bond motifs is 4. The summed E-state index contributed by atoms with van der Waals surface area (Å²) in [5.41, 5.74) is 0. The van der Waals surface area contributed by atoms with Gasteiger partial charge in [0, 0.05) is 11.8 Å². The van der Waals surface area contributed by atoms with Gasteiger partial charge in [-0.2, -0.15) is 0 Å². The van der Waals surface area contributed by atoms with E-state index in [0.29, 0.717) is 59.6 Å². The second-order valence-electron chi connectivity index (χ2n) is 10.4. The summed E-state index contributed by atoms with van der Waals surface area (Å²) in [5.74, 6) is 7.76. The van der Waals surface area contributed by atoms with Crippen LogP contribution in [0.3, 0.4) is 0 Å². The van der Waals surface area contributed by atoms with Crippen LogP contribution in [0.2, 0.25) is 0 Å². The van der Waals surface area contributed by atoms with Crippen LogP contribution in [-0.2, 0) is 9.47 Å². The van der Waals surface area contributed by atoms with Crippen molar-refractivity contribution in [3.63, 3.8) is 0 Å². The quantitative estimate of drug-likeness (QED) is 0.706. The summed E-state index contributed by atoms with van der Waals surface area (Å²) in [6.07, 6.45) is 4.29. The fourth-order valence-electron chi connectivity index (χ4n) is 10.9. The van der Waals surface area contributed by atoms with Gasteiger partial charge in [-0.15, -0.1) is 0 Å². The largest absolute Gasteiger partial charge is 0.368 e. The lowest BCUT2D eigenvalue weighted by Crippen LogP contribution is -2.48. The van der Waals surface area contributed by atoms with Crippen molar-refractivity contribution in [1.29, 1.82) is 0 Å². The van der Waals surface area contributed by atoms with E-state index >= 15 is 0 Å². The first-order valence-corrected chi connectivity index (χ1v) is 10.4. The van der Waals surface area contributed by atoms with Gasteiger partial charge in [0.2, 0.25) is 0 Å². The summed E-state index contributed by atoms with van der Waals surface area (Å²) in [4.78, 5) is 0. The van der Waals surface area contributed by atoms with Gasteiger partial charge in [-0.1, -0.05) is 0 Å². The maximum Gasteiger partial charge on any atom is 0.158 e. The van der Waals surface area contributed by atoms with E-state index in [1.807, 2.05) is 0 Å². The SMILES string of the molecule is O[C@H]1O[C@@H]2CC[C@H]3[C@@H]4[C@@H]5[C@@H]6[C@H]([C@@H]7CC[C@@H]8O[C@H](O)[C@@H]4[C@H]6[C@@H]78)[C@H]1[C@@H]5[C@@H]32. The molecule has 6 aliphatic carbocycles. The first-order chi connectivity index (χ1) is 11.8. The highest BCUT2D eigenvalue weighted by atomic mass is 16.6. The average Bonchev–Trinajstić information content (AvgIpc) is 3.29. The Bertz CT molecular complexity index is 583. The molecule has 0 spiro atoms. The van der Waals surface area contributed by atoms with E-state index in [2.05, 4.69) is 0 Å². The minimum Gasteiger partial charge on any atom is -0.368 e. The zero-order chi connectivity index (χ0) is 15.5. The number of aliphatic hydroxyl groups excluding tert-OH is 2. The van der Waals surface area contributed by atoms with E-state index in [-0.39, 0.29) is 0 Å². The highest BCUT2D eigenvalue weighted by Gasteiger charge is 2.81. The molecule has 0 aromatic carbocycles. The molecular weight excluding hydrogens is 304 g/mol. The Morgan fingerprint density at radius 2 is 0.875 bits per heavy atom. The maximum absolute atomic E-state index is 10.9. The van der Waals surface area contributed by atoms with Crippen LogP contribution in [0.5, 0.6) is 0 Å². The van der Waals surface area contributed by atoms with Crippen LogP contribution in [0.1, 0.15) is 25.7 Å². The fraction of sp³-hybridized carbons (Fsp3) is 1.00. The molecule has 2 saturated heterocycles. The fourth-order valence-corrected chi connectivity index (χ4v) is 10.9.